The van der Waals surface area contributed by atoms with Gasteiger partial charge in [-0.25, -0.2) is 4.79 Å². The molecule has 30 heavy (non-hydrogen) atoms. The Hall–Kier alpha value is -2.38. The first-order valence-corrected chi connectivity index (χ1v) is 9.67. The number of benzene rings is 2. The number of rotatable bonds is 4. The SMILES string of the molecule is CCOC(=O)C1=Cc2cc(Cl)c(Oc3cc(C)c(C)cc3Cl)cc2OC1C(F)(F)F. The number of esters is 1. The van der Waals surface area contributed by atoms with E-state index in [0.29, 0.717) is 10.8 Å². The standard InChI is InChI=1S/C21H17Cl2F3O4/c1-4-28-20(27)13-7-12-8-15(23)18(9-16(12)30-19(13)21(24,25)26)29-17-6-11(3)10(2)5-14(17)22/h5-9,19H,4H2,1-3H3. The van der Waals surface area contributed by atoms with E-state index in [9.17, 15) is 18.0 Å². The van der Waals surface area contributed by atoms with Gasteiger partial charge in [0.2, 0.25) is 6.10 Å². The van der Waals surface area contributed by atoms with Crippen LogP contribution in [0.5, 0.6) is 17.2 Å². The Bertz CT molecular complexity index is 1030. The largest absolute Gasteiger partial charge is 0.475 e. The van der Waals surface area contributed by atoms with Gasteiger partial charge in [-0.05, 0) is 56.2 Å². The van der Waals surface area contributed by atoms with E-state index in [-0.39, 0.29) is 28.7 Å². The van der Waals surface area contributed by atoms with Crippen molar-refractivity contribution in [3.05, 3.63) is 56.6 Å². The molecule has 0 N–H and O–H groups in total. The molecule has 0 saturated carbocycles. The zero-order chi connectivity index (χ0) is 22.2. The van der Waals surface area contributed by atoms with Gasteiger partial charge in [-0.1, -0.05) is 23.2 Å². The van der Waals surface area contributed by atoms with Crippen LogP contribution in [0.15, 0.2) is 29.8 Å². The average Bonchev–Trinajstić information content (AvgIpc) is 2.65. The van der Waals surface area contributed by atoms with Crippen molar-refractivity contribution in [1.82, 2.24) is 0 Å². The summed E-state index contributed by atoms with van der Waals surface area (Å²) in [5.74, 6) is -0.879. The first kappa shape index (κ1) is 22.3. The monoisotopic (exact) mass is 460 g/mol. The Morgan fingerprint density at radius 1 is 1.07 bits per heavy atom. The lowest BCUT2D eigenvalue weighted by molar-refractivity contribution is -0.187. The molecule has 9 heteroatoms. The number of alkyl halides is 3. The van der Waals surface area contributed by atoms with E-state index in [1.165, 1.54) is 19.1 Å². The van der Waals surface area contributed by atoms with Crippen LogP contribution in [0, 0.1) is 13.8 Å². The van der Waals surface area contributed by atoms with E-state index in [2.05, 4.69) is 0 Å². The Kier molecular flexibility index (Phi) is 6.24. The van der Waals surface area contributed by atoms with Crippen molar-refractivity contribution in [1.29, 1.82) is 0 Å². The maximum atomic E-state index is 13.5. The fourth-order valence-corrected chi connectivity index (χ4v) is 3.32. The van der Waals surface area contributed by atoms with Gasteiger partial charge < -0.3 is 14.2 Å². The summed E-state index contributed by atoms with van der Waals surface area (Å²) in [4.78, 5) is 12.0. The van der Waals surface area contributed by atoms with Crippen LogP contribution >= 0.6 is 23.2 Å². The third-order valence-electron chi connectivity index (χ3n) is 4.48. The lowest BCUT2D eigenvalue weighted by Gasteiger charge is -2.28. The number of hydrogen-bond acceptors (Lipinski definition) is 4. The van der Waals surface area contributed by atoms with Crippen molar-refractivity contribution >= 4 is 35.2 Å². The average molecular weight is 461 g/mol. The maximum absolute atomic E-state index is 13.5. The maximum Gasteiger partial charge on any atom is 0.430 e. The van der Waals surface area contributed by atoms with Gasteiger partial charge in [0.1, 0.15) is 17.2 Å². The van der Waals surface area contributed by atoms with Gasteiger partial charge in [0.15, 0.2) is 0 Å². The zero-order valence-corrected chi connectivity index (χ0v) is 17.7. The highest BCUT2D eigenvalue weighted by Crippen LogP contribution is 2.43. The smallest absolute Gasteiger partial charge is 0.430 e. The van der Waals surface area contributed by atoms with Crippen LogP contribution in [0.4, 0.5) is 13.2 Å². The number of ether oxygens (including phenoxy) is 3. The van der Waals surface area contributed by atoms with E-state index in [4.69, 9.17) is 37.4 Å². The first-order valence-electron chi connectivity index (χ1n) is 8.91. The molecule has 0 aliphatic carbocycles. The fourth-order valence-electron chi connectivity index (χ4n) is 2.85. The van der Waals surface area contributed by atoms with Gasteiger partial charge in [0.25, 0.3) is 0 Å². The van der Waals surface area contributed by atoms with Crippen LogP contribution in [-0.4, -0.2) is 24.9 Å². The predicted octanol–water partition coefficient (Wildman–Crippen LogP) is 6.67. The minimum Gasteiger partial charge on any atom is -0.475 e. The molecule has 1 atom stereocenters. The third kappa shape index (κ3) is 4.52. The topological polar surface area (TPSA) is 44.8 Å². The molecule has 1 unspecified atom stereocenters. The molecule has 0 radical (unpaired) electrons. The molecule has 2 aromatic rings. The molecule has 0 bridgehead atoms. The second-order valence-electron chi connectivity index (χ2n) is 6.65. The van der Waals surface area contributed by atoms with Gasteiger partial charge in [-0.3, -0.25) is 0 Å². The molecule has 0 fully saturated rings. The molecule has 0 saturated heterocycles. The highest BCUT2D eigenvalue weighted by molar-refractivity contribution is 6.33. The van der Waals surface area contributed by atoms with E-state index < -0.39 is 23.8 Å². The van der Waals surface area contributed by atoms with Crippen molar-refractivity contribution in [3.63, 3.8) is 0 Å². The zero-order valence-electron chi connectivity index (χ0n) is 16.2. The Morgan fingerprint density at radius 3 is 2.30 bits per heavy atom. The van der Waals surface area contributed by atoms with Gasteiger partial charge in [0.05, 0.1) is 22.2 Å². The summed E-state index contributed by atoms with van der Waals surface area (Å²) in [5, 5.41) is 0.432. The number of aryl methyl sites for hydroxylation is 2. The van der Waals surface area contributed by atoms with Gasteiger partial charge in [0, 0.05) is 11.6 Å². The number of carbonyl (C=O) groups is 1. The molecule has 1 aliphatic rings. The van der Waals surface area contributed by atoms with Crippen molar-refractivity contribution in [2.45, 2.75) is 33.1 Å². The summed E-state index contributed by atoms with van der Waals surface area (Å²) in [6.45, 7) is 5.18. The van der Waals surface area contributed by atoms with Crippen LogP contribution in [0.1, 0.15) is 23.6 Å². The molecular weight excluding hydrogens is 444 g/mol. The Morgan fingerprint density at radius 2 is 1.67 bits per heavy atom. The van der Waals surface area contributed by atoms with E-state index in [1.54, 1.807) is 12.1 Å². The second-order valence-corrected chi connectivity index (χ2v) is 7.46. The summed E-state index contributed by atoms with van der Waals surface area (Å²) < 4.78 is 56.1. The highest BCUT2D eigenvalue weighted by Gasteiger charge is 2.49. The minimum absolute atomic E-state index is 0.0643. The Balaban J connectivity index is 2.03. The van der Waals surface area contributed by atoms with Gasteiger partial charge >= 0.3 is 12.1 Å². The molecule has 0 aromatic heterocycles. The van der Waals surface area contributed by atoms with Crippen LogP contribution < -0.4 is 9.47 Å². The number of halogens is 5. The Labute approximate surface area is 181 Å². The molecule has 4 nitrogen and oxygen atoms in total. The van der Waals surface area contributed by atoms with Crippen molar-refractivity contribution in [2.24, 2.45) is 0 Å². The molecule has 2 aromatic carbocycles. The molecule has 1 aliphatic heterocycles. The lowest BCUT2D eigenvalue weighted by atomic mass is 10.0. The van der Waals surface area contributed by atoms with E-state index in [0.717, 1.165) is 17.2 Å². The third-order valence-corrected chi connectivity index (χ3v) is 5.07. The quantitative estimate of drug-likeness (QED) is 0.477. The summed E-state index contributed by atoms with van der Waals surface area (Å²) in [7, 11) is 0. The van der Waals surface area contributed by atoms with E-state index >= 15 is 0 Å². The second kappa shape index (κ2) is 8.40. The molecule has 1 heterocycles. The molecule has 0 spiro atoms. The van der Waals surface area contributed by atoms with Crippen molar-refractivity contribution in [3.8, 4) is 17.2 Å². The van der Waals surface area contributed by atoms with E-state index in [1.807, 2.05) is 13.8 Å². The number of hydrogen-bond donors (Lipinski definition) is 0. The summed E-state index contributed by atoms with van der Waals surface area (Å²) in [6.07, 6.45) is -6.23. The van der Waals surface area contributed by atoms with Crippen LogP contribution in [0.3, 0.4) is 0 Å². The minimum atomic E-state index is -4.83. The van der Waals surface area contributed by atoms with Gasteiger partial charge in [-0.15, -0.1) is 0 Å². The normalized spacial score (nSPS) is 15.7. The number of carbonyl (C=O) groups excluding carboxylic acids is 1. The molecule has 0 amide bonds. The summed E-state index contributed by atoms with van der Waals surface area (Å²) >= 11 is 12.5. The predicted molar refractivity (Wildman–Crippen MR) is 108 cm³/mol. The lowest BCUT2D eigenvalue weighted by Crippen LogP contribution is -2.40. The fraction of sp³-hybridized carbons (Fsp3) is 0.286. The molecular formula is C21H17Cl2F3O4. The van der Waals surface area contributed by atoms with Crippen LogP contribution in [0.25, 0.3) is 6.08 Å². The van der Waals surface area contributed by atoms with Crippen molar-refractivity contribution in [2.75, 3.05) is 6.61 Å². The van der Waals surface area contributed by atoms with Gasteiger partial charge in [-0.2, -0.15) is 13.2 Å². The summed E-state index contributed by atoms with van der Waals surface area (Å²) in [5.41, 5.74) is 1.41. The highest BCUT2D eigenvalue weighted by atomic mass is 35.5. The number of fused-ring (bicyclic) bond motifs is 1. The van der Waals surface area contributed by atoms with Crippen LogP contribution in [0.2, 0.25) is 10.0 Å². The molecule has 160 valence electrons. The molecule has 3 rings (SSSR count). The first-order chi connectivity index (χ1) is 14.0. The van der Waals surface area contributed by atoms with Crippen molar-refractivity contribution < 1.29 is 32.2 Å². The summed E-state index contributed by atoms with van der Waals surface area (Å²) in [6, 6.07) is 6.00. The van der Waals surface area contributed by atoms with Crippen LogP contribution in [-0.2, 0) is 9.53 Å².